The van der Waals surface area contributed by atoms with Gasteiger partial charge in [-0.3, -0.25) is 19.1 Å². The van der Waals surface area contributed by atoms with E-state index in [9.17, 15) is 14.0 Å². The second kappa shape index (κ2) is 9.97. The summed E-state index contributed by atoms with van der Waals surface area (Å²) in [4.78, 5) is 31.4. The van der Waals surface area contributed by atoms with Crippen LogP contribution in [0.25, 0.3) is 16.9 Å². The molecule has 0 N–H and O–H groups in total. The first-order valence-corrected chi connectivity index (χ1v) is 12.7. The summed E-state index contributed by atoms with van der Waals surface area (Å²) in [6.07, 6.45) is 2.14. The lowest BCUT2D eigenvalue weighted by Gasteiger charge is -2.16. The molecule has 2 aromatic heterocycles. The van der Waals surface area contributed by atoms with Crippen LogP contribution in [-0.2, 0) is 0 Å². The molecule has 2 aromatic carbocycles. The first-order chi connectivity index (χ1) is 18.1. The molecule has 9 heteroatoms. The van der Waals surface area contributed by atoms with Gasteiger partial charge in [-0.25, -0.2) is 8.78 Å². The van der Waals surface area contributed by atoms with Crippen molar-refractivity contribution in [3.05, 3.63) is 115 Å². The van der Waals surface area contributed by atoms with Crippen LogP contribution in [0.2, 0.25) is 10.0 Å². The van der Waals surface area contributed by atoms with Crippen molar-refractivity contribution >= 4 is 29.1 Å². The topological polar surface area (TPSA) is 55.2 Å². The molecule has 5 rings (SSSR count). The molecule has 1 aliphatic rings. The van der Waals surface area contributed by atoms with Crippen molar-refractivity contribution in [1.29, 1.82) is 0 Å². The van der Waals surface area contributed by atoms with E-state index in [-0.39, 0.29) is 44.5 Å². The normalized spacial score (nSPS) is 16.4. The molecular weight excluding hydrogens is 531 g/mol. The van der Waals surface area contributed by atoms with Crippen molar-refractivity contribution in [3.8, 4) is 16.9 Å². The maximum Gasteiger partial charge on any atom is 0.274 e. The number of hydrogen-bond donors (Lipinski definition) is 0. The molecule has 2 heterocycles. The minimum Gasteiger partial charge on any atom is -0.345 e. The van der Waals surface area contributed by atoms with Gasteiger partial charge in [0.2, 0.25) is 0 Å². The van der Waals surface area contributed by atoms with E-state index < -0.39 is 17.3 Å². The largest absolute Gasteiger partial charge is 0.345 e. The summed E-state index contributed by atoms with van der Waals surface area (Å²) < 4.78 is 30.0. The Labute approximate surface area is 228 Å². The first-order valence-electron chi connectivity index (χ1n) is 11.9. The summed E-state index contributed by atoms with van der Waals surface area (Å²) >= 11 is 13.1. The zero-order chi connectivity index (χ0) is 27.3. The fourth-order valence-electron chi connectivity index (χ4n) is 4.80. The van der Waals surface area contributed by atoms with Crippen molar-refractivity contribution < 1.29 is 13.6 Å². The molecule has 5 nitrogen and oxygen atoms in total. The zero-order valence-corrected chi connectivity index (χ0v) is 22.3. The van der Waals surface area contributed by atoms with Crippen molar-refractivity contribution in [2.75, 3.05) is 14.1 Å². The van der Waals surface area contributed by atoms with Gasteiger partial charge in [-0.15, -0.1) is 0 Å². The van der Waals surface area contributed by atoms with Crippen LogP contribution in [0.1, 0.15) is 45.4 Å². The van der Waals surface area contributed by atoms with Gasteiger partial charge >= 0.3 is 0 Å². The van der Waals surface area contributed by atoms with Crippen molar-refractivity contribution in [1.82, 2.24) is 14.5 Å². The maximum absolute atomic E-state index is 15.3. The molecule has 0 radical (unpaired) electrons. The smallest absolute Gasteiger partial charge is 0.274 e. The van der Waals surface area contributed by atoms with Crippen molar-refractivity contribution in [3.63, 3.8) is 0 Å². The van der Waals surface area contributed by atoms with Crippen molar-refractivity contribution in [2.45, 2.75) is 25.2 Å². The molecule has 1 fully saturated rings. The van der Waals surface area contributed by atoms with E-state index >= 15 is 4.39 Å². The predicted octanol–water partition coefficient (Wildman–Crippen LogP) is 6.77. The third-order valence-electron chi connectivity index (χ3n) is 6.84. The number of amides is 1. The molecule has 1 amide bonds. The monoisotopic (exact) mass is 553 g/mol. The highest BCUT2D eigenvalue weighted by atomic mass is 35.5. The third-order valence-corrected chi connectivity index (χ3v) is 7.51. The number of nitrogens with zero attached hydrogens (tertiary/aromatic N) is 3. The van der Waals surface area contributed by atoms with Gasteiger partial charge in [0.15, 0.2) is 0 Å². The van der Waals surface area contributed by atoms with Crippen LogP contribution < -0.4 is 5.56 Å². The minimum atomic E-state index is -0.718. The third kappa shape index (κ3) is 4.61. The van der Waals surface area contributed by atoms with Crippen LogP contribution >= 0.6 is 23.2 Å². The Balaban J connectivity index is 1.55. The lowest BCUT2D eigenvalue weighted by molar-refractivity contribution is 0.0823. The summed E-state index contributed by atoms with van der Waals surface area (Å²) in [5.41, 5.74) is 2.37. The molecular formula is C29H23Cl2F2N3O2. The van der Waals surface area contributed by atoms with Crippen molar-refractivity contribution in [2.24, 2.45) is 0 Å². The number of carbonyl (C=O) groups is 1. The van der Waals surface area contributed by atoms with E-state index in [0.29, 0.717) is 11.4 Å². The molecule has 0 spiro atoms. The zero-order valence-electron chi connectivity index (χ0n) is 20.8. The quantitative estimate of drug-likeness (QED) is 0.274. The maximum atomic E-state index is 15.3. The second-order valence-electron chi connectivity index (χ2n) is 9.58. The number of carbonyl (C=O) groups excluding carboxylic acids is 1. The van der Waals surface area contributed by atoms with E-state index in [0.717, 1.165) is 17.5 Å². The minimum absolute atomic E-state index is 0.0450. The molecule has 1 aliphatic carbocycles. The summed E-state index contributed by atoms with van der Waals surface area (Å²) in [7, 11) is 3.08. The average molecular weight is 554 g/mol. The lowest BCUT2D eigenvalue weighted by Crippen LogP contribution is -2.23. The van der Waals surface area contributed by atoms with E-state index in [2.05, 4.69) is 4.98 Å². The van der Waals surface area contributed by atoms with E-state index in [1.54, 1.807) is 39.2 Å². The van der Waals surface area contributed by atoms with Crippen LogP contribution in [0.3, 0.4) is 0 Å². The number of aromatic nitrogens is 2. The number of pyridine rings is 2. The molecule has 0 unspecified atom stereocenters. The van der Waals surface area contributed by atoms with Crippen LogP contribution in [0.4, 0.5) is 8.78 Å². The molecule has 4 aromatic rings. The Morgan fingerprint density at radius 2 is 1.76 bits per heavy atom. The van der Waals surface area contributed by atoms with Crippen LogP contribution in [0.5, 0.6) is 0 Å². The van der Waals surface area contributed by atoms with Crippen LogP contribution in [-0.4, -0.2) is 34.5 Å². The van der Waals surface area contributed by atoms with E-state index in [1.807, 2.05) is 6.07 Å². The SMILES string of the molecule is Cc1cc([C@H]2C[C@@H]2c2ccc(F)cc2)c(Cl)c(=O)n1-c1cc(-c2cccc(C(=O)N(C)C)c2F)ncc1Cl. The summed E-state index contributed by atoms with van der Waals surface area (Å²) in [6.45, 7) is 1.77. The highest BCUT2D eigenvalue weighted by Crippen LogP contribution is 2.55. The molecule has 1 saturated carbocycles. The molecule has 0 saturated heterocycles. The number of aryl methyl sites for hydroxylation is 1. The van der Waals surface area contributed by atoms with Gasteiger partial charge in [-0.2, -0.15) is 0 Å². The number of rotatable bonds is 5. The fourth-order valence-corrected chi connectivity index (χ4v) is 5.27. The highest BCUT2D eigenvalue weighted by molar-refractivity contribution is 6.32. The van der Waals surface area contributed by atoms with Crippen LogP contribution in [0.15, 0.2) is 65.6 Å². The molecule has 2 atom stereocenters. The molecule has 0 bridgehead atoms. The molecule has 0 aliphatic heterocycles. The Kier molecular flexibility index (Phi) is 6.84. The molecule has 194 valence electrons. The summed E-state index contributed by atoms with van der Waals surface area (Å²) in [5.74, 6) is -1.30. The standard InChI is InChI=1S/C29H23Cl2F2N3O2/c1-15-11-22(21-12-20(21)16-7-9-17(32)10-8-16)26(31)29(38)36(15)25-13-24(34-14-23(25)30)18-5-4-6-19(27(18)33)28(37)35(2)3/h4-11,13-14,20-21H,12H2,1-3H3/t20-,21+/m1/s1. The Morgan fingerprint density at radius 3 is 2.45 bits per heavy atom. The summed E-state index contributed by atoms with van der Waals surface area (Å²) in [6, 6.07) is 14.2. The number of benzene rings is 2. The number of halogens is 4. The van der Waals surface area contributed by atoms with E-state index in [4.69, 9.17) is 23.2 Å². The Bertz CT molecular complexity index is 1630. The summed E-state index contributed by atoms with van der Waals surface area (Å²) in [5, 5.41) is 0.253. The van der Waals surface area contributed by atoms with E-state index in [1.165, 1.54) is 46.0 Å². The van der Waals surface area contributed by atoms with Gasteiger partial charge < -0.3 is 4.90 Å². The van der Waals surface area contributed by atoms with Gasteiger partial charge in [-0.1, -0.05) is 41.4 Å². The second-order valence-corrected chi connectivity index (χ2v) is 10.4. The van der Waals surface area contributed by atoms with Gasteiger partial charge in [0.1, 0.15) is 16.7 Å². The molecule has 38 heavy (non-hydrogen) atoms. The first kappa shape index (κ1) is 26.1. The van der Waals surface area contributed by atoms with Gasteiger partial charge in [0.25, 0.3) is 11.5 Å². The van der Waals surface area contributed by atoms with Gasteiger partial charge in [-0.05, 0) is 72.7 Å². The lowest BCUT2D eigenvalue weighted by atomic mass is 10.0. The van der Waals surface area contributed by atoms with Gasteiger partial charge in [0, 0.05) is 31.5 Å². The Hall–Kier alpha value is -3.55. The van der Waals surface area contributed by atoms with Gasteiger partial charge in [0.05, 0.1) is 22.0 Å². The Morgan fingerprint density at radius 1 is 1.05 bits per heavy atom. The predicted molar refractivity (Wildman–Crippen MR) is 145 cm³/mol. The highest BCUT2D eigenvalue weighted by Gasteiger charge is 2.41. The fraction of sp³-hybridized carbons (Fsp3) is 0.207. The van der Waals surface area contributed by atoms with Crippen LogP contribution in [0, 0.1) is 18.6 Å². The average Bonchev–Trinajstić information content (AvgIpc) is 3.68. The number of hydrogen-bond acceptors (Lipinski definition) is 3.